The fourth-order valence-corrected chi connectivity index (χ4v) is 2.43. The van der Waals surface area contributed by atoms with Gasteiger partial charge in [0, 0.05) is 16.5 Å². The molecule has 0 saturated carbocycles. The van der Waals surface area contributed by atoms with E-state index in [2.05, 4.69) is 10.6 Å². The summed E-state index contributed by atoms with van der Waals surface area (Å²) in [7, 11) is 0. The maximum Gasteiger partial charge on any atom is 0.416 e. The number of hydrogen-bond donors (Lipinski definition) is 3. The van der Waals surface area contributed by atoms with E-state index in [0.717, 1.165) is 12.1 Å². The Kier molecular flexibility index (Phi) is 4.22. The first kappa shape index (κ1) is 16.6. The van der Waals surface area contributed by atoms with Gasteiger partial charge in [0.1, 0.15) is 5.75 Å². The second-order valence-electron chi connectivity index (χ2n) is 5.33. The number of rotatable bonds is 2. The van der Waals surface area contributed by atoms with Gasteiger partial charge in [-0.15, -0.1) is 0 Å². The van der Waals surface area contributed by atoms with Gasteiger partial charge in [0.05, 0.1) is 11.3 Å². The Morgan fingerprint density at radius 1 is 0.840 bits per heavy atom. The van der Waals surface area contributed by atoms with Gasteiger partial charge in [0.15, 0.2) is 0 Å². The molecule has 3 aromatic rings. The lowest BCUT2D eigenvalue weighted by Crippen LogP contribution is -2.19. The Morgan fingerprint density at radius 3 is 2.16 bits per heavy atom. The number of aromatic hydroxyl groups is 1. The molecule has 0 fully saturated rings. The number of benzene rings is 3. The van der Waals surface area contributed by atoms with Crippen molar-refractivity contribution in [1.29, 1.82) is 0 Å². The second-order valence-corrected chi connectivity index (χ2v) is 5.33. The fourth-order valence-electron chi connectivity index (χ4n) is 2.43. The van der Waals surface area contributed by atoms with Gasteiger partial charge in [-0.2, -0.15) is 13.2 Å². The monoisotopic (exact) mass is 346 g/mol. The van der Waals surface area contributed by atoms with E-state index in [1.54, 1.807) is 30.3 Å². The number of hydrogen-bond acceptors (Lipinski definition) is 2. The minimum Gasteiger partial charge on any atom is -0.507 e. The number of phenolic OH excluding ortho intramolecular Hbond substituents is 1. The first-order valence-corrected chi connectivity index (χ1v) is 7.30. The van der Waals surface area contributed by atoms with Crippen molar-refractivity contribution in [1.82, 2.24) is 0 Å². The average Bonchev–Trinajstić information content (AvgIpc) is 2.55. The number of fused-ring (bicyclic) bond motifs is 1. The van der Waals surface area contributed by atoms with Gasteiger partial charge in [0.2, 0.25) is 0 Å². The quantitative estimate of drug-likeness (QED) is 0.597. The van der Waals surface area contributed by atoms with Crippen LogP contribution in [0.4, 0.5) is 29.3 Å². The molecule has 7 heteroatoms. The summed E-state index contributed by atoms with van der Waals surface area (Å²) in [5.41, 5.74) is -0.0885. The molecule has 25 heavy (non-hydrogen) atoms. The molecule has 0 aliphatic heterocycles. The molecule has 3 rings (SSSR count). The summed E-state index contributed by atoms with van der Waals surface area (Å²) in [6.45, 7) is 0. The van der Waals surface area contributed by atoms with E-state index in [0.29, 0.717) is 16.5 Å². The van der Waals surface area contributed by atoms with E-state index in [1.807, 2.05) is 0 Å². The van der Waals surface area contributed by atoms with Crippen LogP contribution in [0.5, 0.6) is 5.75 Å². The maximum atomic E-state index is 12.5. The van der Waals surface area contributed by atoms with Crippen LogP contribution in [0.2, 0.25) is 0 Å². The first-order valence-electron chi connectivity index (χ1n) is 7.30. The van der Waals surface area contributed by atoms with Crippen molar-refractivity contribution in [2.24, 2.45) is 0 Å². The summed E-state index contributed by atoms with van der Waals surface area (Å²) >= 11 is 0. The zero-order chi connectivity index (χ0) is 18.0. The molecule has 3 aromatic carbocycles. The fraction of sp³-hybridized carbons (Fsp3) is 0.0556. The molecule has 0 aliphatic rings. The molecule has 4 nitrogen and oxygen atoms in total. The molecular weight excluding hydrogens is 333 g/mol. The highest BCUT2D eigenvalue weighted by molar-refractivity contribution is 6.07. The van der Waals surface area contributed by atoms with Crippen molar-refractivity contribution in [3.8, 4) is 5.75 Å². The highest BCUT2D eigenvalue weighted by Gasteiger charge is 2.29. The molecule has 0 radical (unpaired) electrons. The SMILES string of the molecule is O=C(Nc1ccc(C(F)(F)F)cc1)Nc1cccc2c(O)cccc12. The Bertz CT molecular complexity index is 922. The van der Waals surface area contributed by atoms with E-state index in [1.165, 1.54) is 18.2 Å². The standard InChI is InChI=1S/C18H13F3N2O2/c19-18(20,21)11-7-9-12(10-8-11)22-17(25)23-15-5-1-4-14-13(15)3-2-6-16(14)24/h1-10,24H,(H2,22,23,25). The van der Waals surface area contributed by atoms with E-state index in [9.17, 15) is 23.1 Å². The molecule has 0 unspecified atom stereocenters. The number of phenols is 1. The van der Waals surface area contributed by atoms with Gasteiger partial charge in [-0.05, 0) is 36.4 Å². The molecule has 0 bridgehead atoms. The zero-order valence-electron chi connectivity index (χ0n) is 12.8. The predicted octanol–water partition coefficient (Wildman–Crippen LogP) is 5.21. The van der Waals surface area contributed by atoms with Crippen molar-refractivity contribution >= 4 is 28.2 Å². The molecule has 3 N–H and O–H groups in total. The van der Waals surface area contributed by atoms with Gasteiger partial charge in [0.25, 0.3) is 0 Å². The average molecular weight is 346 g/mol. The molecule has 0 atom stereocenters. The van der Waals surface area contributed by atoms with Crippen LogP contribution < -0.4 is 10.6 Å². The lowest BCUT2D eigenvalue weighted by atomic mass is 10.1. The summed E-state index contributed by atoms with van der Waals surface area (Å²) in [6.07, 6.45) is -4.42. The number of nitrogens with one attached hydrogen (secondary N) is 2. The number of amides is 2. The lowest BCUT2D eigenvalue weighted by Gasteiger charge is -2.11. The number of anilines is 2. The third-order valence-corrected chi connectivity index (χ3v) is 3.62. The van der Waals surface area contributed by atoms with Crippen LogP contribution in [0.25, 0.3) is 10.8 Å². The second kappa shape index (κ2) is 6.35. The van der Waals surface area contributed by atoms with E-state index in [-0.39, 0.29) is 11.4 Å². The Hall–Kier alpha value is -3.22. The van der Waals surface area contributed by atoms with Gasteiger partial charge in [-0.1, -0.05) is 24.3 Å². The van der Waals surface area contributed by atoms with Gasteiger partial charge < -0.3 is 15.7 Å². The van der Waals surface area contributed by atoms with Crippen LogP contribution >= 0.6 is 0 Å². The minimum atomic E-state index is -4.42. The summed E-state index contributed by atoms with van der Waals surface area (Å²) < 4.78 is 37.6. The van der Waals surface area contributed by atoms with Crippen molar-refractivity contribution in [2.75, 3.05) is 10.6 Å². The number of urea groups is 1. The number of carbonyl (C=O) groups is 1. The van der Waals surface area contributed by atoms with Crippen molar-refractivity contribution in [3.05, 3.63) is 66.2 Å². The van der Waals surface area contributed by atoms with Crippen LogP contribution in [0, 0.1) is 0 Å². The maximum absolute atomic E-state index is 12.5. The largest absolute Gasteiger partial charge is 0.507 e. The first-order chi connectivity index (χ1) is 11.8. The van der Waals surface area contributed by atoms with E-state index in [4.69, 9.17) is 0 Å². The molecule has 0 spiro atoms. The highest BCUT2D eigenvalue weighted by atomic mass is 19.4. The summed E-state index contributed by atoms with van der Waals surface area (Å²) in [5, 5.41) is 16.1. The normalized spacial score (nSPS) is 11.3. The minimum absolute atomic E-state index is 0.0873. The van der Waals surface area contributed by atoms with Crippen LogP contribution in [0.3, 0.4) is 0 Å². The number of alkyl halides is 3. The lowest BCUT2D eigenvalue weighted by molar-refractivity contribution is -0.137. The van der Waals surface area contributed by atoms with Gasteiger partial charge in [-0.3, -0.25) is 0 Å². The van der Waals surface area contributed by atoms with E-state index < -0.39 is 17.8 Å². The smallest absolute Gasteiger partial charge is 0.416 e. The third kappa shape index (κ3) is 3.65. The zero-order valence-corrected chi connectivity index (χ0v) is 12.8. The van der Waals surface area contributed by atoms with Crippen LogP contribution in [-0.2, 0) is 6.18 Å². The van der Waals surface area contributed by atoms with Crippen molar-refractivity contribution in [3.63, 3.8) is 0 Å². The molecule has 0 aliphatic carbocycles. The molecule has 2 amide bonds. The molecule has 128 valence electrons. The Morgan fingerprint density at radius 2 is 1.48 bits per heavy atom. The predicted molar refractivity (Wildman–Crippen MR) is 89.7 cm³/mol. The van der Waals surface area contributed by atoms with Gasteiger partial charge >= 0.3 is 12.2 Å². The summed E-state index contributed by atoms with van der Waals surface area (Å²) in [6, 6.07) is 13.5. The van der Waals surface area contributed by atoms with Gasteiger partial charge in [-0.25, -0.2) is 4.79 Å². The third-order valence-electron chi connectivity index (χ3n) is 3.62. The van der Waals surface area contributed by atoms with Crippen LogP contribution in [-0.4, -0.2) is 11.1 Å². The highest BCUT2D eigenvalue weighted by Crippen LogP contribution is 2.31. The topological polar surface area (TPSA) is 61.4 Å². The van der Waals surface area contributed by atoms with Crippen LogP contribution in [0.15, 0.2) is 60.7 Å². The summed E-state index contributed by atoms with van der Waals surface area (Å²) in [4.78, 5) is 12.1. The number of halogens is 3. The Labute approximate surface area is 140 Å². The van der Waals surface area contributed by atoms with E-state index >= 15 is 0 Å². The molecule has 0 heterocycles. The van der Waals surface area contributed by atoms with Crippen molar-refractivity contribution in [2.45, 2.75) is 6.18 Å². The molecular formula is C18H13F3N2O2. The van der Waals surface area contributed by atoms with Crippen LogP contribution in [0.1, 0.15) is 5.56 Å². The number of carbonyl (C=O) groups excluding carboxylic acids is 1. The summed E-state index contributed by atoms with van der Waals surface area (Å²) in [5.74, 6) is 0.0873. The molecule has 0 saturated heterocycles. The molecule has 0 aromatic heterocycles. The Balaban J connectivity index is 1.76. The van der Waals surface area contributed by atoms with Crippen molar-refractivity contribution < 1.29 is 23.1 Å².